The smallest absolute Gasteiger partial charge is 0.261 e. The van der Waals surface area contributed by atoms with E-state index in [1.165, 1.54) is 0 Å². The summed E-state index contributed by atoms with van der Waals surface area (Å²) < 4.78 is 1.83. The minimum atomic E-state index is 0.00908. The molecular formula is C25H30N4O2S. The Hall–Kier alpha value is -2.64. The molecule has 2 heterocycles. The highest BCUT2D eigenvalue weighted by Crippen LogP contribution is 2.23. The third kappa shape index (κ3) is 4.89. The Morgan fingerprint density at radius 1 is 1.03 bits per heavy atom. The molecule has 3 aromatic rings. The third-order valence-electron chi connectivity index (χ3n) is 6.03. The maximum atomic E-state index is 13.1. The lowest BCUT2D eigenvalue weighted by molar-refractivity contribution is -0.130. The van der Waals surface area contributed by atoms with Crippen molar-refractivity contribution in [3.63, 3.8) is 0 Å². The van der Waals surface area contributed by atoms with Crippen LogP contribution in [0.5, 0.6) is 0 Å². The number of hydrogen-bond acceptors (Lipinski definition) is 5. The van der Waals surface area contributed by atoms with Gasteiger partial charge in [0.2, 0.25) is 5.91 Å². The SMILES string of the molecule is CCCn1c(C(C)N2CCN(C(=O)CSc3ccccc3)CC2)nc2ccccc2c1=O. The zero-order valence-corrected chi connectivity index (χ0v) is 19.6. The fraction of sp³-hybridized carbons (Fsp3) is 0.400. The molecule has 0 aliphatic carbocycles. The highest BCUT2D eigenvalue weighted by atomic mass is 32.2. The molecule has 1 amide bonds. The average molecular weight is 451 g/mol. The molecule has 0 spiro atoms. The second kappa shape index (κ2) is 10.3. The number of para-hydroxylation sites is 1. The predicted octanol–water partition coefficient (Wildman–Crippen LogP) is 3.80. The summed E-state index contributed by atoms with van der Waals surface area (Å²) in [5, 5.41) is 0.670. The lowest BCUT2D eigenvalue weighted by atomic mass is 10.1. The van der Waals surface area contributed by atoms with Crippen molar-refractivity contribution in [3.8, 4) is 0 Å². The van der Waals surface area contributed by atoms with E-state index in [2.05, 4.69) is 18.7 Å². The van der Waals surface area contributed by atoms with Gasteiger partial charge in [-0.2, -0.15) is 0 Å². The van der Waals surface area contributed by atoms with Gasteiger partial charge in [0, 0.05) is 37.6 Å². The van der Waals surface area contributed by atoms with Crippen LogP contribution in [0.15, 0.2) is 64.3 Å². The van der Waals surface area contributed by atoms with E-state index < -0.39 is 0 Å². The van der Waals surface area contributed by atoms with E-state index in [0.717, 1.165) is 35.7 Å². The van der Waals surface area contributed by atoms with Gasteiger partial charge >= 0.3 is 0 Å². The van der Waals surface area contributed by atoms with Gasteiger partial charge in [-0.1, -0.05) is 37.3 Å². The van der Waals surface area contributed by atoms with Crippen LogP contribution in [0.3, 0.4) is 0 Å². The molecule has 6 nitrogen and oxygen atoms in total. The Bertz CT molecular complexity index is 1120. The Balaban J connectivity index is 1.43. The summed E-state index contributed by atoms with van der Waals surface area (Å²) in [6.07, 6.45) is 0.876. The van der Waals surface area contributed by atoms with E-state index in [1.54, 1.807) is 11.8 Å². The molecule has 0 saturated carbocycles. The van der Waals surface area contributed by atoms with Gasteiger partial charge in [-0.15, -0.1) is 11.8 Å². The zero-order chi connectivity index (χ0) is 22.5. The van der Waals surface area contributed by atoms with E-state index in [0.29, 0.717) is 30.8 Å². The number of hydrogen-bond donors (Lipinski definition) is 0. The number of thioether (sulfide) groups is 1. The number of rotatable bonds is 7. The van der Waals surface area contributed by atoms with Crippen LogP contribution in [-0.4, -0.2) is 57.2 Å². The Morgan fingerprint density at radius 3 is 2.44 bits per heavy atom. The number of benzene rings is 2. The highest BCUT2D eigenvalue weighted by molar-refractivity contribution is 8.00. The van der Waals surface area contributed by atoms with Crippen LogP contribution in [0.1, 0.15) is 32.1 Å². The molecule has 4 rings (SSSR count). The minimum absolute atomic E-state index is 0.00908. The standard InChI is InChI=1S/C25H30N4O2S/c1-3-13-29-24(26-22-12-8-7-11-21(22)25(29)31)19(2)27-14-16-28(17-15-27)23(30)18-32-20-9-5-4-6-10-20/h4-12,19H,3,13-18H2,1-2H3. The molecule has 1 aromatic heterocycles. The second-order valence-electron chi connectivity index (χ2n) is 8.14. The number of nitrogens with zero attached hydrogens (tertiary/aromatic N) is 4. The lowest BCUT2D eigenvalue weighted by Gasteiger charge is -2.38. The van der Waals surface area contributed by atoms with Gasteiger partial charge < -0.3 is 4.90 Å². The molecule has 0 bridgehead atoms. The maximum absolute atomic E-state index is 13.1. The highest BCUT2D eigenvalue weighted by Gasteiger charge is 2.27. The molecule has 0 radical (unpaired) electrons. The fourth-order valence-corrected chi connectivity index (χ4v) is 5.04. The summed E-state index contributed by atoms with van der Waals surface area (Å²) >= 11 is 1.58. The van der Waals surface area contributed by atoms with Gasteiger partial charge in [0.15, 0.2) is 0 Å². The van der Waals surface area contributed by atoms with Crippen molar-refractivity contribution in [2.75, 3.05) is 31.9 Å². The van der Waals surface area contributed by atoms with Crippen molar-refractivity contribution in [2.45, 2.75) is 37.8 Å². The first kappa shape index (κ1) is 22.6. The van der Waals surface area contributed by atoms with E-state index in [-0.39, 0.29) is 17.5 Å². The molecule has 2 aromatic carbocycles. The van der Waals surface area contributed by atoms with Crippen LogP contribution in [0.25, 0.3) is 10.9 Å². The number of amides is 1. The molecule has 1 saturated heterocycles. The number of piperazine rings is 1. The Labute approximate surface area is 193 Å². The summed E-state index contributed by atoms with van der Waals surface area (Å²) in [6, 6.07) is 17.6. The molecular weight excluding hydrogens is 420 g/mol. The van der Waals surface area contributed by atoms with Gasteiger partial charge in [0.25, 0.3) is 5.56 Å². The third-order valence-corrected chi connectivity index (χ3v) is 7.03. The van der Waals surface area contributed by atoms with Crippen molar-refractivity contribution in [2.24, 2.45) is 0 Å². The predicted molar refractivity (Wildman–Crippen MR) is 130 cm³/mol. The normalized spacial score (nSPS) is 15.8. The molecule has 1 unspecified atom stereocenters. The molecule has 1 atom stereocenters. The lowest BCUT2D eigenvalue weighted by Crippen LogP contribution is -2.50. The number of carbonyl (C=O) groups is 1. The maximum Gasteiger partial charge on any atom is 0.261 e. The number of aromatic nitrogens is 2. The summed E-state index contributed by atoms with van der Waals surface area (Å²) in [4.78, 5) is 36.1. The molecule has 1 aliphatic rings. The first-order chi connectivity index (χ1) is 15.6. The van der Waals surface area contributed by atoms with Crippen molar-refractivity contribution < 1.29 is 4.79 Å². The van der Waals surface area contributed by atoms with Crippen LogP contribution in [0, 0.1) is 0 Å². The first-order valence-electron chi connectivity index (χ1n) is 11.3. The van der Waals surface area contributed by atoms with Crippen molar-refractivity contribution in [1.29, 1.82) is 0 Å². The van der Waals surface area contributed by atoms with Gasteiger partial charge in [0.05, 0.1) is 22.7 Å². The van der Waals surface area contributed by atoms with E-state index in [9.17, 15) is 9.59 Å². The first-order valence-corrected chi connectivity index (χ1v) is 12.3. The van der Waals surface area contributed by atoms with Crippen molar-refractivity contribution >= 4 is 28.6 Å². The number of carbonyl (C=O) groups excluding carboxylic acids is 1. The Morgan fingerprint density at radius 2 is 1.72 bits per heavy atom. The zero-order valence-electron chi connectivity index (χ0n) is 18.7. The van der Waals surface area contributed by atoms with E-state index in [4.69, 9.17) is 4.98 Å². The topological polar surface area (TPSA) is 58.4 Å². The second-order valence-corrected chi connectivity index (χ2v) is 9.19. The molecule has 32 heavy (non-hydrogen) atoms. The monoisotopic (exact) mass is 450 g/mol. The summed E-state index contributed by atoms with van der Waals surface area (Å²) in [5.41, 5.74) is 0.782. The average Bonchev–Trinajstić information content (AvgIpc) is 2.84. The minimum Gasteiger partial charge on any atom is -0.339 e. The van der Waals surface area contributed by atoms with Crippen LogP contribution in [-0.2, 0) is 11.3 Å². The van der Waals surface area contributed by atoms with E-state index in [1.807, 2.05) is 64.1 Å². The van der Waals surface area contributed by atoms with Gasteiger partial charge in [0.1, 0.15) is 5.82 Å². The Kier molecular flexibility index (Phi) is 7.27. The van der Waals surface area contributed by atoms with Gasteiger partial charge in [-0.25, -0.2) is 4.98 Å². The molecule has 7 heteroatoms. The van der Waals surface area contributed by atoms with Crippen LogP contribution >= 0.6 is 11.8 Å². The van der Waals surface area contributed by atoms with Gasteiger partial charge in [-0.05, 0) is 37.6 Å². The molecule has 0 N–H and O–H groups in total. The van der Waals surface area contributed by atoms with E-state index >= 15 is 0 Å². The summed E-state index contributed by atoms with van der Waals surface area (Å²) in [6.45, 7) is 7.80. The molecule has 1 aliphatic heterocycles. The largest absolute Gasteiger partial charge is 0.339 e. The van der Waals surface area contributed by atoms with Crippen LogP contribution in [0.4, 0.5) is 0 Å². The quantitative estimate of drug-likeness (QED) is 0.513. The molecule has 1 fully saturated rings. The van der Waals surface area contributed by atoms with Crippen molar-refractivity contribution in [3.05, 3.63) is 70.8 Å². The fourth-order valence-electron chi connectivity index (χ4n) is 4.22. The van der Waals surface area contributed by atoms with Crippen LogP contribution in [0.2, 0.25) is 0 Å². The summed E-state index contributed by atoms with van der Waals surface area (Å²) in [7, 11) is 0. The van der Waals surface area contributed by atoms with Crippen molar-refractivity contribution in [1.82, 2.24) is 19.4 Å². The van der Waals surface area contributed by atoms with Gasteiger partial charge in [-0.3, -0.25) is 19.1 Å². The summed E-state index contributed by atoms with van der Waals surface area (Å²) in [5.74, 6) is 1.45. The number of fused-ring (bicyclic) bond motifs is 1. The molecule has 168 valence electrons. The van der Waals surface area contributed by atoms with Crippen LogP contribution < -0.4 is 5.56 Å².